The predicted octanol–water partition coefficient (Wildman–Crippen LogP) is 3.05. The van der Waals surface area contributed by atoms with Crippen LogP contribution in [-0.4, -0.2) is 58.8 Å². The minimum Gasteiger partial charge on any atom is -0.385 e. The maximum atomic E-state index is 5.34. The summed E-state index contributed by atoms with van der Waals surface area (Å²) < 4.78 is 5.34. The molecule has 1 aliphatic rings. The van der Waals surface area contributed by atoms with E-state index in [0.29, 0.717) is 11.5 Å². The highest BCUT2D eigenvalue weighted by molar-refractivity contribution is 5.79. The summed E-state index contributed by atoms with van der Waals surface area (Å²) in [5.41, 5.74) is 1.67. The van der Waals surface area contributed by atoms with E-state index in [1.807, 2.05) is 7.05 Å². The zero-order chi connectivity index (χ0) is 18.8. The third-order valence-electron chi connectivity index (χ3n) is 5.63. The van der Waals surface area contributed by atoms with E-state index in [1.165, 1.54) is 31.2 Å². The monoisotopic (exact) mass is 360 g/mol. The summed E-state index contributed by atoms with van der Waals surface area (Å²) in [6.45, 7) is 2.63. The van der Waals surface area contributed by atoms with Crippen LogP contribution in [0.4, 0.5) is 0 Å². The summed E-state index contributed by atoms with van der Waals surface area (Å²) in [6, 6.07) is 10.9. The Morgan fingerprint density at radius 3 is 2.46 bits per heavy atom. The quantitative estimate of drug-likeness (QED) is 0.525. The SMILES string of the molecule is CN=C(NCC(c1ccccc1)N(C)C)NCC1(CCOC)CCCC1. The van der Waals surface area contributed by atoms with Crippen molar-refractivity contribution in [3.63, 3.8) is 0 Å². The molecule has 0 heterocycles. The van der Waals surface area contributed by atoms with E-state index in [9.17, 15) is 0 Å². The average molecular weight is 361 g/mol. The van der Waals surface area contributed by atoms with E-state index in [1.54, 1.807) is 7.11 Å². The van der Waals surface area contributed by atoms with Gasteiger partial charge in [-0.2, -0.15) is 0 Å². The van der Waals surface area contributed by atoms with Gasteiger partial charge in [-0.25, -0.2) is 0 Å². The molecule has 0 radical (unpaired) electrons. The number of aliphatic imine (C=N–C) groups is 1. The summed E-state index contributed by atoms with van der Waals surface area (Å²) in [6.07, 6.45) is 6.34. The van der Waals surface area contributed by atoms with Crippen molar-refractivity contribution in [1.29, 1.82) is 0 Å². The Morgan fingerprint density at radius 2 is 1.88 bits per heavy atom. The highest BCUT2D eigenvalue weighted by Crippen LogP contribution is 2.40. The number of methoxy groups -OCH3 is 1. The van der Waals surface area contributed by atoms with Crippen LogP contribution in [0.5, 0.6) is 0 Å². The van der Waals surface area contributed by atoms with Crippen molar-refractivity contribution in [3.8, 4) is 0 Å². The van der Waals surface area contributed by atoms with Crippen LogP contribution in [-0.2, 0) is 4.74 Å². The molecule has 0 amide bonds. The summed E-state index contributed by atoms with van der Waals surface area (Å²) >= 11 is 0. The van der Waals surface area contributed by atoms with Crippen LogP contribution in [0.1, 0.15) is 43.7 Å². The van der Waals surface area contributed by atoms with Crippen LogP contribution >= 0.6 is 0 Å². The van der Waals surface area contributed by atoms with Crippen LogP contribution in [0.25, 0.3) is 0 Å². The molecule has 1 unspecified atom stereocenters. The maximum Gasteiger partial charge on any atom is 0.191 e. The molecule has 5 heteroatoms. The fraction of sp³-hybridized carbons (Fsp3) is 0.667. The third kappa shape index (κ3) is 5.99. The Hall–Kier alpha value is -1.59. The molecule has 5 nitrogen and oxygen atoms in total. The highest BCUT2D eigenvalue weighted by Gasteiger charge is 2.33. The molecule has 1 atom stereocenters. The van der Waals surface area contributed by atoms with Crippen molar-refractivity contribution in [1.82, 2.24) is 15.5 Å². The predicted molar refractivity (Wildman–Crippen MR) is 110 cm³/mol. The molecule has 1 saturated carbocycles. The largest absolute Gasteiger partial charge is 0.385 e. The summed E-state index contributed by atoms with van der Waals surface area (Å²) in [5, 5.41) is 7.08. The molecule has 26 heavy (non-hydrogen) atoms. The Morgan fingerprint density at radius 1 is 1.19 bits per heavy atom. The maximum absolute atomic E-state index is 5.34. The smallest absolute Gasteiger partial charge is 0.191 e. The van der Waals surface area contributed by atoms with Gasteiger partial charge in [0.15, 0.2) is 5.96 Å². The van der Waals surface area contributed by atoms with Crippen LogP contribution in [0.15, 0.2) is 35.3 Å². The number of hydrogen-bond acceptors (Lipinski definition) is 3. The normalized spacial score (nSPS) is 18.1. The Labute approximate surface area is 159 Å². The molecule has 0 aliphatic heterocycles. The minimum atomic E-state index is 0.309. The second kappa shape index (κ2) is 10.5. The van der Waals surface area contributed by atoms with Crippen molar-refractivity contribution >= 4 is 5.96 Å². The lowest BCUT2D eigenvalue weighted by molar-refractivity contribution is 0.138. The van der Waals surface area contributed by atoms with Gasteiger partial charge in [0.05, 0.1) is 6.04 Å². The van der Waals surface area contributed by atoms with E-state index in [2.05, 4.69) is 65.0 Å². The Balaban J connectivity index is 1.90. The molecule has 0 saturated heterocycles. The molecule has 0 bridgehead atoms. The van der Waals surface area contributed by atoms with Gasteiger partial charge >= 0.3 is 0 Å². The molecule has 2 rings (SSSR count). The summed E-state index contributed by atoms with van der Waals surface area (Å²) in [4.78, 5) is 6.67. The summed E-state index contributed by atoms with van der Waals surface area (Å²) in [5.74, 6) is 0.886. The topological polar surface area (TPSA) is 48.9 Å². The molecule has 1 aromatic rings. The van der Waals surface area contributed by atoms with Gasteiger partial charge in [0.1, 0.15) is 0 Å². The van der Waals surface area contributed by atoms with Crippen LogP contribution in [0.3, 0.4) is 0 Å². The molecule has 1 fully saturated rings. The standard InChI is InChI=1S/C21H36N4O/c1-22-20(24-17-21(14-15-26-4)12-8-9-13-21)23-16-19(25(2)3)18-10-6-5-7-11-18/h5-7,10-11,19H,8-9,12-17H2,1-4H3,(H2,22,23,24). The number of guanidine groups is 1. The van der Waals surface area contributed by atoms with Gasteiger partial charge in [0.2, 0.25) is 0 Å². The lowest BCUT2D eigenvalue weighted by Crippen LogP contribution is -2.45. The number of hydrogen-bond donors (Lipinski definition) is 2. The van der Waals surface area contributed by atoms with Gasteiger partial charge in [-0.05, 0) is 44.3 Å². The van der Waals surface area contributed by atoms with Crippen molar-refractivity contribution in [3.05, 3.63) is 35.9 Å². The minimum absolute atomic E-state index is 0.309. The molecule has 1 aromatic carbocycles. The summed E-state index contributed by atoms with van der Waals surface area (Å²) in [7, 11) is 7.88. The van der Waals surface area contributed by atoms with Gasteiger partial charge in [0.25, 0.3) is 0 Å². The highest BCUT2D eigenvalue weighted by atomic mass is 16.5. The Bertz CT molecular complexity index is 538. The van der Waals surface area contributed by atoms with E-state index in [0.717, 1.165) is 32.1 Å². The first kappa shape index (κ1) is 20.7. The third-order valence-corrected chi connectivity index (χ3v) is 5.63. The van der Waals surface area contributed by atoms with Gasteiger partial charge in [-0.3, -0.25) is 4.99 Å². The van der Waals surface area contributed by atoms with E-state index in [-0.39, 0.29) is 0 Å². The van der Waals surface area contributed by atoms with Crippen LogP contribution in [0.2, 0.25) is 0 Å². The molecular weight excluding hydrogens is 324 g/mol. The number of rotatable bonds is 9. The fourth-order valence-electron chi connectivity index (χ4n) is 3.92. The second-order valence-corrected chi connectivity index (χ2v) is 7.65. The van der Waals surface area contributed by atoms with E-state index in [4.69, 9.17) is 4.74 Å². The van der Waals surface area contributed by atoms with E-state index < -0.39 is 0 Å². The Kier molecular flexibility index (Phi) is 8.39. The molecule has 0 aromatic heterocycles. The second-order valence-electron chi connectivity index (χ2n) is 7.65. The lowest BCUT2D eigenvalue weighted by atomic mass is 9.83. The number of benzene rings is 1. The van der Waals surface area contributed by atoms with Crippen molar-refractivity contribution < 1.29 is 4.74 Å². The molecular formula is C21H36N4O. The zero-order valence-corrected chi connectivity index (χ0v) is 16.9. The van der Waals surface area contributed by atoms with Crippen LogP contribution in [0, 0.1) is 5.41 Å². The van der Waals surface area contributed by atoms with Crippen molar-refractivity contribution in [2.24, 2.45) is 10.4 Å². The lowest BCUT2D eigenvalue weighted by Gasteiger charge is -2.31. The first-order valence-corrected chi connectivity index (χ1v) is 9.75. The van der Waals surface area contributed by atoms with Gasteiger partial charge in [-0.1, -0.05) is 43.2 Å². The van der Waals surface area contributed by atoms with Gasteiger partial charge in [0, 0.05) is 33.9 Å². The first-order valence-electron chi connectivity index (χ1n) is 9.75. The van der Waals surface area contributed by atoms with Gasteiger partial charge < -0.3 is 20.3 Å². The number of likely N-dealkylation sites (N-methyl/N-ethyl adjacent to an activating group) is 1. The van der Waals surface area contributed by atoms with Crippen molar-refractivity contribution in [2.75, 3.05) is 47.9 Å². The molecule has 0 spiro atoms. The molecule has 146 valence electrons. The number of nitrogens with one attached hydrogen (secondary N) is 2. The van der Waals surface area contributed by atoms with Crippen molar-refractivity contribution in [2.45, 2.75) is 38.1 Å². The zero-order valence-electron chi connectivity index (χ0n) is 16.9. The van der Waals surface area contributed by atoms with E-state index >= 15 is 0 Å². The van der Waals surface area contributed by atoms with Gasteiger partial charge in [-0.15, -0.1) is 0 Å². The fourth-order valence-corrected chi connectivity index (χ4v) is 3.92. The first-order chi connectivity index (χ1) is 12.6. The van der Waals surface area contributed by atoms with Crippen LogP contribution < -0.4 is 10.6 Å². The average Bonchev–Trinajstić information content (AvgIpc) is 3.12. The number of nitrogens with zero attached hydrogens (tertiary/aromatic N) is 2. The molecule has 2 N–H and O–H groups in total. The number of ether oxygens (including phenoxy) is 1. The molecule has 1 aliphatic carbocycles.